The Hall–Kier alpha value is -1.26. The number of ether oxygens (including phenoxy) is 2. The van der Waals surface area contributed by atoms with E-state index in [4.69, 9.17) is 32.7 Å². The minimum absolute atomic E-state index is 0.570. The minimum Gasteiger partial charge on any atom is -0.456 e. The van der Waals surface area contributed by atoms with Gasteiger partial charge in [-0.05, 0) is 35.9 Å². The molecule has 0 radical (unpaired) electrons. The molecule has 0 unspecified atom stereocenters. The fourth-order valence-electron chi connectivity index (χ4n) is 1.80. The Labute approximate surface area is 134 Å². The van der Waals surface area contributed by atoms with E-state index in [0.29, 0.717) is 28.2 Å². The highest BCUT2D eigenvalue weighted by atomic mass is 35.5. The van der Waals surface area contributed by atoms with Crippen LogP contribution in [0.2, 0.25) is 10.0 Å². The van der Waals surface area contributed by atoms with Gasteiger partial charge >= 0.3 is 0 Å². The Morgan fingerprint density at radius 3 is 2.67 bits per heavy atom. The quantitative estimate of drug-likeness (QED) is 0.759. The molecule has 0 spiro atoms. The Bertz CT molecular complexity index is 590. The van der Waals surface area contributed by atoms with E-state index in [1.807, 2.05) is 30.3 Å². The first kappa shape index (κ1) is 16.1. The van der Waals surface area contributed by atoms with E-state index in [1.165, 1.54) is 0 Å². The molecule has 2 rings (SSSR count). The van der Waals surface area contributed by atoms with Gasteiger partial charge in [-0.3, -0.25) is 0 Å². The summed E-state index contributed by atoms with van der Waals surface area (Å²) < 4.78 is 10.7. The second kappa shape index (κ2) is 8.25. The molecule has 0 aliphatic heterocycles. The average Bonchev–Trinajstić information content (AvgIpc) is 2.46. The van der Waals surface area contributed by atoms with Crippen LogP contribution in [-0.2, 0) is 11.3 Å². The third-order valence-corrected chi connectivity index (χ3v) is 3.36. The van der Waals surface area contributed by atoms with Gasteiger partial charge in [0.05, 0.1) is 11.6 Å². The van der Waals surface area contributed by atoms with Crippen LogP contribution in [0.4, 0.5) is 0 Å². The molecule has 1 N–H and O–H groups in total. The zero-order valence-electron chi connectivity index (χ0n) is 11.7. The molecule has 0 bridgehead atoms. The van der Waals surface area contributed by atoms with Crippen LogP contribution in [0.25, 0.3) is 0 Å². The molecule has 2 aromatic carbocycles. The summed E-state index contributed by atoms with van der Waals surface area (Å²) in [5.41, 5.74) is 1.09. The normalized spacial score (nSPS) is 10.6. The highest BCUT2D eigenvalue weighted by Gasteiger charge is 2.05. The van der Waals surface area contributed by atoms with Gasteiger partial charge in [-0.15, -0.1) is 0 Å². The van der Waals surface area contributed by atoms with Crippen molar-refractivity contribution < 1.29 is 9.47 Å². The van der Waals surface area contributed by atoms with Crippen molar-refractivity contribution in [1.82, 2.24) is 5.32 Å². The monoisotopic (exact) mass is 325 g/mol. The van der Waals surface area contributed by atoms with Crippen molar-refractivity contribution in [1.29, 1.82) is 0 Å². The van der Waals surface area contributed by atoms with Crippen LogP contribution in [0, 0.1) is 0 Å². The molecular weight excluding hydrogens is 309 g/mol. The summed E-state index contributed by atoms with van der Waals surface area (Å²) in [5, 5.41) is 4.46. The highest BCUT2D eigenvalue weighted by molar-refractivity contribution is 6.32. The molecule has 2 aromatic rings. The first-order valence-corrected chi connectivity index (χ1v) is 7.36. The maximum atomic E-state index is 6.25. The number of halogens is 2. The molecule has 0 fully saturated rings. The molecule has 5 heteroatoms. The van der Waals surface area contributed by atoms with Crippen molar-refractivity contribution in [2.75, 3.05) is 20.3 Å². The van der Waals surface area contributed by atoms with Gasteiger partial charge in [-0.25, -0.2) is 0 Å². The standard InChI is InChI=1S/C16H17Cl2NO2/c1-20-8-7-19-11-12-5-6-16(15(18)9-12)21-14-4-2-3-13(17)10-14/h2-6,9-10,19H,7-8,11H2,1H3. The molecule has 0 aliphatic rings. The van der Waals surface area contributed by atoms with Gasteiger partial charge in [-0.1, -0.05) is 35.3 Å². The van der Waals surface area contributed by atoms with Crippen LogP contribution in [0.1, 0.15) is 5.56 Å². The van der Waals surface area contributed by atoms with Crippen LogP contribution in [0.5, 0.6) is 11.5 Å². The molecule has 0 aliphatic carbocycles. The number of nitrogens with one attached hydrogen (secondary N) is 1. The lowest BCUT2D eigenvalue weighted by Crippen LogP contribution is -2.18. The predicted molar refractivity (Wildman–Crippen MR) is 86.6 cm³/mol. The minimum atomic E-state index is 0.570. The van der Waals surface area contributed by atoms with Gasteiger partial charge in [-0.2, -0.15) is 0 Å². The van der Waals surface area contributed by atoms with Crippen LogP contribution in [0.3, 0.4) is 0 Å². The lowest BCUT2D eigenvalue weighted by Gasteiger charge is -2.10. The lowest BCUT2D eigenvalue weighted by atomic mass is 10.2. The van der Waals surface area contributed by atoms with Gasteiger partial charge in [0.25, 0.3) is 0 Å². The van der Waals surface area contributed by atoms with Gasteiger partial charge in [0.15, 0.2) is 0 Å². The molecule has 112 valence electrons. The maximum absolute atomic E-state index is 6.25. The molecule has 0 aromatic heterocycles. The zero-order valence-corrected chi connectivity index (χ0v) is 13.2. The van der Waals surface area contributed by atoms with Crippen molar-refractivity contribution >= 4 is 23.2 Å². The third kappa shape index (κ3) is 5.21. The predicted octanol–water partition coefficient (Wildman–Crippen LogP) is 4.52. The molecule has 0 atom stereocenters. The molecule has 21 heavy (non-hydrogen) atoms. The number of methoxy groups -OCH3 is 1. The van der Waals surface area contributed by atoms with E-state index >= 15 is 0 Å². The average molecular weight is 326 g/mol. The van der Waals surface area contributed by atoms with E-state index in [-0.39, 0.29) is 0 Å². The summed E-state index contributed by atoms with van der Waals surface area (Å²) in [5.74, 6) is 1.27. The van der Waals surface area contributed by atoms with Gasteiger partial charge < -0.3 is 14.8 Å². The number of hydrogen-bond donors (Lipinski definition) is 1. The molecular formula is C16H17Cl2NO2. The zero-order chi connectivity index (χ0) is 15.1. The fourth-order valence-corrected chi connectivity index (χ4v) is 2.22. The molecule has 0 saturated carbocycles. The van der Waals surface area contributed by atoms with Crippen LogP contribution in [-0.4, -0.2) is 20.3 Å². The van der Waals surface area contributed by atoms with Crippen LogP contribution in [0.15, 0.2) is 42.5 Å². The molecule has 0 saturated heterocycles. The van der Waals surface area contributed by atoms with Gasteiger partial charge in [0.2, 0.25) is 0 Å². The van der Waals surface area contributed by atoms with E-state index in [2.05, 4.69) is 5.32 Å². The SMILES string of the molecule is COCCNCc1ccc(Oc2cccc(Cl)c2)c(Cl)c1. The summed E-state index contributed by atoms with van der Waals surface area (Å²) in [7, 11) is 1.68. The van der Waals surface area contributed by atoms with Crippen molar-refractivity contribution in [3.63, 3.8) is 0 Å². The summed E-state index contributed by atoms with van der Waals surface area (Å²) in [6.45, 7) is 2.22. The smallest absolute Gasteiger partial charge is 0.146 e. The maximum Gasteiger partial charge on any atom is 0.146 e. The summed E-state index contributed by atoms with van der Waals surface area (Å²) in [6.07, 6.45) is 0. The van der Waals surface area contributed by atoms with Gasteiger partial charge in [0.1, 0.15) is 11.5 Å². The first-order chi connectivity index (χ1) is 10.2. The summed E-state index contributed by atoms with van der Waals surface area (Å²) in [4.78, 5) is 0. The second-order valence-corrected chi connectivity index (χ2v) is 5.34. The lowest BCUT2D eigenvalue weighted by molar-refractivity contribution is 0.199. The topological polar surface area (TPSA) is 30.5 Å². The fraction of sp³-hybridized carbons (Fsp3) is 0.250. The van der Waals surface area contributed by atoms with Gasteiger partial charge in [0, 0.05) is 25.2 Å². The van der Waals surface area contributed by atoms with E-state index in [1.54, 1.807) is 19.2 Å². The van der Waals surface area contributed by atoms with Crippen molar-refractivity contribution in [3.8, 4) is 11.5 Å². The van der Waals surface area contributed by atoms with Crippen molar-refractivity contribution in [2.24, 2.45) is 0 Å². The molecule has 0 heterocycles. The number of rotatable bonds is 7. The van der Waals surface area contributed by atoms with Crippen molar-refractivity contribution in [2.45, 2.75) is 6.54 Å². The third-order valence-electron chi connectivity index (χ3n) is 2.83. The largest absolute Gasteiger partial charge is 0.456 e. The first-order valence-electron chi connectivity index (χ1n) is 6.60. The summed E-state index contributed by atoms with van der Waals surface area (Å²) >= 11 is 12.2. The number of benzene rings is 2. The van der Waals surface area contributed by atoms with E-state index < -0.39 is 0 Å². The van der Waals surface area contributed by atoms with Crippen LogP contribution < -0.4 is 10.1 Å². The Morgan fingerprint density at radius 1 is 1.10 bits per heavy atom. The van der Waals surface area contributed by atoms with Crippen LogP contribution >= 0.6 is 23.2 Å². The Kier molecular flexibility index (Phi) is 6.33. The Balaban J connectivity index is 1.98. The van der Waals surface area contributed by atoms with Crippen molar-refractivity contribution in [3.05, 3.63) is 58.1 Å². The second-order valence-electron chi connectivity index (χ2n) is 4.49. The van der Waals surface area contributed by atoms with E-state index in [0.717, 1.165) is 18.7 Å². The molecule has 3 nitrogen and oxygen atoms in total. The summed E-state index contributed by atoms with van der Waals surface area (Å²) in [6, 6.07) is 12.9. The Morgan fingerprint density at radius 2 is 1.95 bits per heavy atom. The van der Waals surface area contributed by atoms with E-state index in [9.17, 15) is 0 Å². The highest BCUT2D eigenvalue weighted by Crippen LogP contribution is 2.31. The molecule has 0 amide bonds. The number of hydrogen-bond acceptors (Lipinski definition) is 3.